The molecule has 0 aromatic heterocycles. The molecule has 0 amide bonds. The van der Waals surface area contributed by atoms with Gasteiger partial charge in [-0.05, 0) is 19.4 Å². The molecule has 0 aliphatic heterocycles. The van der Waals surface area contributed by atoms with Crippen molar-refractivity contribution in [3.8, 4) is 0 Å². The minimum Gasteiger partial charge on any atom is -0.315 e. The third kappa shape index (κ3) is 11.9. The monoisotopic (exact) mass is 208 g/mol. The zero-order valence-electron chi connectivity index (χ0n) is 8.63. The zero-order valence-corrected chi connectivity index (χ0v) is 9.45. The largest absolute Gasteiger partial charge is 0.315 e. The van der Waals surface area contributed by atoms with Crippen molar-refractivity contribution in [1.29, 1.82) is 0 Å². The molecule has 0 fully saturated rings. The lowest BCUT2D eigenvalue weighted by molar-refractivity contribution is 0.549. The Bertz CT molecular complexity index is 212. The molecule has 0 aliphatic carbocycles. The Morgan fingerprint density at radius 2 is 1.69 bits per heavy atom. The van der Waals surface area contributed by atoms with Gasteiger partial charge in [0.1, 0.15) is 0 Å². The van der Waals surface area contributed by atoms with E-state index in [9.17, 15) is 8.42 Å². The van der Waals surface area contributed by atoms with Gasteiger partial charge in [-0.25, -0.2) is 13.1 Å². The first-order chi connectivity index (χ1) is 5.92. The fourth-order valence-corrected chi connectivity index (χ4v) is 1.41. The summed E-state index contributed by atoms with van der Waals surface area (Å²) in [4.78, 5) is 0. The summed E-state index contributed by atoms with van der Waals surface area (Å²) >= 11 is 0. The molecule has 0 rings (SSSR count). The van der Waals surface area contributed by atoms with E-state index in [1.54, 1.807) is 0 Å². The first-order valence-corrected chi connectivity index (χ1v) is 6.49. The number of nitrogens with one attached hydrogen (secondary N) is 2. The van der Waals surface area contributed by atoms with Crippen LogP contribution >= 0.6 is 0 Å². The van der Waals surface area contributed by atoms with Crippen LogP contribution < -0.4 is 10.0 Å². The molecule has 0 aromatic carbocycles. The highest BCUT2D eigenvalue weighted by Crippen LogP contribution is 1.87. The average molecular weight is 208 g/mol. The molecule has 0 aliphatic rings. The second-order valence-electron chi connectivity index (χ2n) is 3.48. The van der Waals surface area contributed by atoms with Crippen LogP contribution in [-0.4, -0.2) is 33.8 Å². The van der Waals surface area contributed by atoms with E-state index in [1.165, 1.54) is 6.26 Å². The molecule has 0 heterocycles. The molecule has 0 saturated heterocycles. The Hall–Kier alpha value is -0.130. The zero-order chi connectivity index (χ0) is 10.3. The summed E-state index contributed by atoms with van der Waals surface area (Å²) in [5.41, 5.74) is 0. The number of sulfonamides is 1. The van der Waals surface area contributed by atoms with E-state index in [4.69, 9.17) is 0 Å². The van der Waals surface area contributed by atoms with E-state index in [1.807, 2.05) is 0 Å². The summed E-state index contributed by atoms with van der Waals surface area (Å²) in [6.07, 6.45) is 3.06. The third-order valence-corrected chi connectivity index (χ3v) is 2.25. The SMILES string of the molecule is CC(C)NCCCCNS(C)(=O)=O. The van der Waals surface area contributed by atoms with E-state index in [0.717, 1.165) is 19.4 Å². The molecule has 4 nitrogen and oxygen atoms in total. The van der Waals surface area contributed by atoms with Crippen molar-refractivity contribution in [2.75, 3.05) is 19.3 Å². The molecule has 5 heteroatoms. The van der Waals surface area contributed by atoms with Gasteiger partial charge in [0.15, 0.2) is 0 Å². The average Bonchev–Trinajstić information content (AvgIpc) is 1.93. The third-order valence-electron chi connectivity index (χ3n) is 1.52. The highest BCUT2D eigenvalue weighted by molar-refractivity contribution is 7.88. The number of unbranched alkanes of at least 4 members (excludes halogenated alkanes) is 1. The van der Waals surface area contributed by atoms with Gasteiger partial charge in [-0.2, -0.15) is 0 Å². The van der Waals surface area contributed by atoms with Crippen LogP contribution in [0.25, 0.3) is 0 Å². The van der Waals surface area contributed by atoms with Gasteiger partial charge in [-0.3, -0.25) is 0 Å². The van der Waals surface area contributed by atoms with Crippen molar-refractivity contribution in [2.45, 2.75) is 32.7 Å². The number of hydrogen-bond donors (Lipinski definition) is 2. The molecule has 0 saturated carbocycles. The predicted octanol–water partition coefficient (Wildman–Crippen LogP) is 0.314. The van der Waals surface area contributed by atoms with Gasteiger partial charge >= 0.3 is 0 Å². The Balaban J connectivity index is 3.18. The lowest BCUT2D eigenvalue weighted by atomic mass is 10.3. The van der Waals surface area contributed by atoms with Crippen LogP contribution in [0.5, 0.6) is 0 Å². The van der Waals surface area contributed by atoms with Gasteiger partial charge < -0.3 is 5.32 Å². The fraction of sp³-hybridized carbons (Fsp3) is 1.00. The maximum Gasteiger partial charge on any atom is 0.208 e. The van der Waals surface area contributed by atoms with Crippen molar-refractivity contribution >= 4 is 10.0 Å². The summed E-state index contributed by atoms with van der Waals surface area (Å²) in [6, 6.07) is 0.503. The maximum absolute atomic E-state index is 10.6. The van der Waals surface area contributed by atoms with Gasteiger partial charge in [0.05, 0.1) is 6.26 Å². The van der Waals surface area contributed by atoms with Crippen LogP contribution in [0.2, 0.25) is 0 Å². The summed E-state index contributed by atoms with van der Waals surface area (Å²) < 4.78 is 23.7. The topological polar surface area (TPSA) is 58.2 Å². The van der Waals surface area contributed by atoms with Crippen molar-refractivity contribution < 1.29 is 8.42 Å². The number of rotatable bonds is 7. The predicted molar refractivity (Wildman–Crippen MR) is 55.2 cm³/mol. The molecule has 0 atom stereocenters. The molecular weight excluding hydrogens is 188 g/mol. The van der Waals surface area contributed by atoms with Crippen LogP contribution in [0, 0.1) is 0 Å². The Kier molecular flexibility index (Phi) is 6.28. The van der Waals surface area contributed by atoms with E-state index in [0.29, 0.717) is 12.6 Å². The normalized spacial score (nSPS) is 12.3. The lowest BCUT2D eigenvalue weighted by Gasteiger charge is -2.07. The van der Waals surface area contributed by atoms with Gasteiger partial charge in [0.2, 0.25) is 10.0 Å². The lowest BCUT2D eigenvalue weighted by Crippen LogP contribution is -2.26. The van der Waals surface area contributed by atoms with Gasteiger partial charge in [-0.1, -0.05) is 13.8 Å². The van der Waals surface area contributed by atoms with Crippen LogP contribution in [0.4, 0.5) is 0 Å². The summed E-state index contributed by atoms with van der Waals surface area (Å²) in [7, 11) is -3.00. The van der Waals surface area contributed by atoms with E-state index in [2.05, 4.69) is 23.9 Å². The molecule has 0 bridgehead atoms. The highest BCUT2D eigenvalue weighted by atomic mass is 32.2. The summed E-state index contributed by atoms with van der Waals surface area (Å²) in [5, 5.41) is 3.27. The minimum absolute atomic E-state index is 0.503. The van der Waals surface area contributed by atoms with Gasteiger partial charge in [0.25, 0.3) is 0 Å². The van der Waals surface area contributed by atoms with E-state index >= 15 is 0 Å². The van der Waals surface area contributed by atoms with Gasteiger partial charge in [0, 0.05) is 12.6 Å². The fourth-order valence-electron chi connectivity index (χ4n) is 0.898. The minimum atomic E-state index is -3.00. The first-order valence-electron chi connectivity index (χ1n) is 4.60. The Morgan fingerprint density at radius 3 is 2.15 bits per heavy atom. The molecule has 0 aromatic rings. The molecule has 2 N–H and O–H groups in total. The quantitative estimate of drug-likeness (QED) is 0.592. The van der Waals surface area contributed by atoms with Crippen LogP contribution in [0.3, 0.4) is 0 Å². The molecule has 0 spiro atoms. The van der Waals surface area contributed by atoms with Crippen LogP contribution in [0.15, 0.2) is 0 Å². The van der Waals surface area contributed by atoms with Gasteiger partial charge in [-0.15, -0.1) is 0 Å². The highest BCUT2D eigenvalue weighted by Gasteiger charge is 1.98. The van der Waals surface area contributed by atoms with Crippen LogP contribution in [-0.2, 0) is 10.0 Å². The van der Waals surface area contributed by atoms with Crippen molar-refractivity contribution in [3.63, 3.8) is 0 Å². The maximum atomic E-state index is 10.6. The summed E-state index contributed by atoms with van der Waals surface area (Å²) in [5.74, 6) is 0. The second-order valence-corrected chi connectivity index (χ2v) is 5.32. The molecule has 13 heavy (non-hydrogen) atoms. The van der Waals surface area contributed by atoms with Crippen molar-refractivity contribution in [1.82, 2.24) is 10.0 Å². The number of hydrogen-bond acceptors (Lipinski definition) is 3. The Morgan fingerprint density at radius 1 is 1.15 bits per heavy atom. The standard InChI is InChI=1S/C8H20N2O2S/c1-8(2)9-6-4-5-7-10-13(3,11)12/h8-10H,4-7H2,1-3H3. The Labute approximate surface area is 81.2 Å². The first kappa shape index (κ1) is 12.9. The smallest absolute Gasteiger partial charge is 0.208 e. The van der Waals surface area contributed by atoms with Crippen LogP contribution in [0.1, 0.15) is 26.7 Å². The van der Waals surface area contributed by atoms with E-state index < -0.39 is 10.0 Å². The van der Waals surface area contributed by atoms with E-state index in [-0.39, 0.29) is 0 Å². The summed E-state index contributed by atoms with van der Waals surface area (Å²) in [6.45, 7) is 5.67. The van der Waals surface area contributed by atoms with Crippen molar-refractivity contribution in [3.05, 3.63) is 0 Å². The molecule has 80 valence electrons. The second kappa shape index (κ2) is 6.34. The molecular formula is C8H20N2O2S. The molecule has 0 radical (unpaired) electrons. The van der Waals surface area contributed by atoms with Crippen molar-refractivity contribution in [2.24, 2.45) is 0 Å². The molecule has 0 unspecified atom stereocenters.